The zero-order chi connectivity index (χ0) is 13.1. The van der Waals surface area contributed by atoms with E-state index in [-0.39, 0.29) is 18.3 Å². The topological polar surface area (TPSA) is 69.6 Å². The van der Waals surface area contributed by atoms with Gasteiger partial charge in [-0.25, -0.2) is 0 Å². The first-order chi connectivity index (χ1) is 7.93. The number of aliphatic hydroxyl groups excluding tert-OH is 1. The molecule has 0 bridgehead atoms. The van der Waals surface area contributed by atoms with Crippen molar-refractivity contribution in [3.05, 3.63) is 29.3 Å². The summed E-state index contributed by atoms with van der Waals surface area (Å²) in [6.45, 7) is 5.24. The van der Waals surface area contributed by atoms with Crippen LogP contribution in [0, 0.1) is 6.92 Å². The molecule has 0 spiro atoms. The minimum Gasteiger partial charge on any atom is -0.508 e. The number of carbonyl (C=O) groups is 1. The summed E-state index contributed by atoms with van der Waals surface area (Å²) >= 11 is 0. The van der Waals surface area contributed by atoms with Gasteiger partial charge in [0.1, 0.15) is 5.75 Å². The van der Waals surface area contributed by atoms with Crippen LogP contribution in [0.25, 0.3) is 0 Å². The smallest absolute Gasteiger partial charge is 0.252 e. The van der Waals surface area contributed by atoms with Gasteiger partial charge in [-0.2, -0.15) is 0 Å². The Morgan fingerprint density at radius 2 is 2.12 bits per heavy atom. The third kappa shape index (κ3) is 2.97. The SMILES string of the molecule is CCC(C)(CO)NC(=O)c1cccc(O)c1C. The predicted molar refractivity (Wildman–Crippen MR) is 66.1 cm³/mol. The maximum Gasteiger partial charge on any atom is 0.252 e. The number of rotatable bonds is 4. The monoisotopic (exact) mass is 237 g/mol. The highest BCUT2D eigenvalue weighted by molar-refractivity contribution is 5.96. The number of aliphatic hydroxyl groups is 1. The Hall–Kier alpha value is -1.55. The molecule has 0 aliphatic rings. The first-order valence-electron chi connectivity index (χ1n) is 5.65. The van der Waals surface area contributed by atoms with Crippen molar-refractivity contribution in [1.82, 2.24) is 5.32 Å². The van der Waals surface area contributed by atoms with Crippen molar-refractivity contribution < 1.29 is 15.0 Å². The Kier molecular flexibility index (Phi) is 4.12. The average molecular weight is 237 g/mol. The maximum atomic E-state index is 12.0. The molecule has 0 fully saturated rings. The zero-order valence-corrected chi connectivity index (χ0v) is 10.4. The molecule has 94 valence electrons. The highest BCUT2D eigenvalue weighted by Crippen LogP contribution is 2.20. The lowest BCUT2D eigenvalue weighted by atomic mass is 9.98. The van der Waals surface area contributed by atoms with E-state index in [0.29, 0.717) is 17.5 Å². The van der Waals surface area contributed by atoms with Crippen molar-refractivity contribution >= 4 is 5.91 Å². The van der Waals surface area contributed by atoms with Crippen LogP contribution in [0.2, 0.25) is 0 Å². The number of nitrogens with one attached hydrogen (secondary N) is 1. The molecule has 1 rings (SSSR count). The van der Waals surface area contributed by atoms with Gasteiger partial charge in [0.15, 0.2) is 0 Å². The Bertz CT molecular complexity index is 411. The van der Waals surface area contributed by atoms with Crippen LogP contribution in [0.4, 0.5) is 0 Å². The van der Waals surface area contributed by atoms with Crippen LogP contribution in [-0.2, 0) is 0 Å². The second kappa shape index (κ2) is 5.19. The van der Waals surface area contributed by atoms with Gasteiger partial charge in [0.05, 0.1) is 12.1 Å². The number of hydrogen-bond donors (Lipinski definition) is 3. The summed E-state index contributed by atoms with van der Waals surface area (Å²) in [5, 5.41) is 21.6. The lowest BCUT2D eigenvalue weighted by molar-refractivity contribution is 0.0846. The highest BCUT2D eigenvalue weighted by atomic mass is 16.3. The third-order valence-electron chi connectivity index (χ3n) is 3.09. The van der Waals surface area contributed by atoms with Crippen molar-refractivity contribution in [2.45, 2.75) is 32.7 Å². The largest absolute Gasteiger partial charge is 0.508 e. The Morgan fingerprint density at radius 1 is 1.47 bits per heavy atom. The van der Waals surface area contributed by atoms with Gasteiger partial charge >= 0.3 is 0 Å². The summed E-state index contributed by atoms with van der Waals surface area (Å²) in [5.41, 5.74) is 0.342. The molecule has 0 radical (unpaired) electrons. The Morgan fingerprint density at radius 3 is 2.65 bits per heavy atom. The lowest BCUT2D eigenvalue weighted by Crippen LogP contribution is -2.48. The van der Waals surface area contributed by atoms with Gasteiger partial charge in [-0.05, 0) is 32.4 Å². The fourth-order valence-corrected chi connectivity index (χ4v) is 1.45. The van der Waals surface area contributed by atoms with Gasteiger partial charge in [0.2, 0.25) is 0 Å². The number of carbonyl (C=O) groups excluding carboxylic acids is 1. The number of amides is 1. The van der Waals surface area contributed by atoms with Crippen LogP contribution < -0.4 is 5.32 Å². The predicted octanol–water partition coefficient (Wildman–Crippen LogP) is 1.59. The fraction of sp³-hybridized carbons (Fsp3) is 0.462. The van der Waals surface area contributed by atoms with Crippen molar-refractivity contribution in [2.75, 3.05) is 6.61 Å². The van der Waals surface area contributed by atoms with Crippen LogP contribution in [0.15, 0.2) is 18.2 Å². The van der Waals surface area contributed by atoms with Crippen LogP contribution in [-0.4, -0.2) is 28.3 Å². The van der Waals surface area contributed by atoms with E-state index in [1.54, 1.807) is 26.0 Å². The van der Waals surface area contributed by atoms with E-state index in [9.17, 15) is 15.0 Å². The maximum absolute atomic E-state index is 12.0. The molecule has 0 aromatic heterocycles. The van der Waals surface area contributed by atoms with Crippen molar-refractivity contribution in [1.29, 1.82) is 0 Å². The van der Waals surface area contributed by atoms with E-state index < -0.39 is 5.54 Å². The number of benzene rings is 1. The van der Waals surface area contributed by atoms with Crippen LogP contribution in [0.1, 0.15) is 36.2 Å². The summed E-state index contributed by atoms with van der Waals surface area (Å²) in [6, 6.07) is 4.81. The molecule has 0 saturated carbocycles. The van der Waals surface area contributed by atoms with E-state index >= 15 is 0 Å². The van der Waals surface area contributed by atoms with Gasteiger partial charge in [0, 0.05) is 11.1 Å². The van der Waals surface area contributed by atoms with Crippen molar-refractivity contribution in [3.63, 3.8) is 0 Å². The summed E-state index contributed by atoms with van der Waals surface area (Å²) in [7, 11) is 0. The molecule has 4 heteroatoms. The van der Waals surface area contributed by atoms with Gasteiger partial charge < -0.3 is 15.5 Å². The molecule has 4 nitrogen and oxygen atoms in total. The Balaban J connectivity index is 2.94. The molecule has 1 atom stereocenters. The minimum atomic E-state index is -0.630. The molecule has 1 aromatic rings. The molecule has 1 aromatic carbocycles. The highest BCUT2D eigenvalue weighted by Gasteiger charge is 2.24. The summed E-state index contributed by atoms with van der Waals surface area (Å²) < 4.78 is 0. The van der Waals surface area contributed by atoms with Gasteiger partial charge in [-0.15, -0.1) is 0 Å². The second-order valence-corrected chi connectivity index (χ2v) is 4.48. The van der Waals surface area contributed by atoms with Crippen LogP contribution >= 0.6 is 0 Å². The van der Waals surface area contributed by atoms with E-state index in [1.807, 2.05) is 6.92 Å². The van der Waals surface area contributed by atoms with Crippen molar-refractivity contribution in [2.24, 2.45) is 0 Å². The number of hydrogen-bond acceptors (Lipinski definition) is 3. The summed E-state index contributed by atoms with van der Waals surface area (Å²) in [6.07, 6.45) is 0.632. The van der Waals surface area contributed by atoms with E-state index in [1.165, 1.54) is 6.07 Å². The number of phenolic OH excluding ortho intramolecular Hbond substituents is 1. The average Bonchev–Trinajstić information content (AvgIpc) is 2.32. The normalized spacial score (nSPS) is 14.1. The summed E-state index contributed by atoms with van der Waals surface area (Å²) in [5.74, 6) is -0.184. The van der Waals surface area contributed by atoms with E-state index in [4.69, 9.17) is 0 Å². The number of aromatic hydroxyl groups is 1. The molecular formula is C13H19NO3. The fourth-order valence-electron chi connectivity index (χ4n) is 1.45. The van der Waals surface area contributed by atoms with Crippen LogP contribution in [0.5, 0.6) is 5.75 Å². The molecule has 1 amide bonds. The molecule has 1 unspecified atom stereocenters. The van der Waals surface area contributed by atoms with Gasteiger partial charge in [0.25, 0.3) is 5.91 Å². The standard InChI is InChI=1S/C13H19NO3/c1-4-13(3,8-15)14-12(17)10-6-5-7-11(16)9(10)2/h5-7,15-16H,4,8H2,1-3H3,(H,14,17). The number of phenols is 1. The zero-order valence-electron chi connectivity index (χ0n) is 10.4. The van der Waals surface area contributed by atoms with Gasteiger partial charge in [-0.1, -0.05) is 13.0 Å². The minimum absolute atomic E-state index is 0.0971. The van der Waals surface area contributed by atoms with E-state index in [2.05, 4.69) is 5.32 Å². The Labute approximate surface area is 101 Å². The molecule has 17 heavy (non-hydrogen) atoms. The first-order valence-corrected chi connectivity index (χ1v) is 5.65. The quantitative estimate of drug-likeness (QED) is 0.744. The molecule has 0 heterocycles. The molecule has 0 saturated heterocycles. The van der Waals surface area contributed by atoms with E-state index in [0.717, 1.165) is 0 Å². The van der Waals surface area contributed by atoms with Gasteiger partial charge in [-0.3, -0.25) is 4.79 Å². The van der Waals surface area contributed by atoms with Crippen molar-refractivity contribution in [3.8, 4) is 5.75 Å². The molecule has 3 N–H and O–H groups in total. The van der Waals surface area contributed by atoms with Crippen LogP contribution in [0.3, 0.4) is 0 Å². The first kappa shape index (κ1) is 13.5. The molecule has 0 aliphatic carbocycles. The molecular weight excluding hydrogens is 218 g/mol. The summed E-state index contributed by atoms with van der Waals surface area (Å²) in [4.78, 5) is 12.0. The molecule has 0 aliphatic heterocycles. The third-order valence-corrected chi connectivity index (χ3v) is 3.09. The second-order valence-electron chi connectivity index (χ2n) is 4.48. The lowest BCUT2D eigenvalue weighted by Gasteiger charge is -2.27.